The van der Waals surface area contributed by atoms with E-state index in [2.05, 4.69) is 5.32 Å². The molecule has 1 rings (SSSR count). The zero-order chi connectivity index (χ0) is 13.5. The summed E-state index contributed by atoms with van der Waals surface area (Å²) in [5, 5.41) is 12.0. The van der Waals surface area contributed by atoms with Crippen LogP contribution in [-0.4, -0.2) is 47.1 Å². The summed E-state index contributed by atoms with van der Waals surface area (Å²) in [6.45, 7) is 4.13. The molecule has 1 aliphatic carbocycles. The molecule has 0 aromatic rings. The predicted molar refractivity (Wildman–Crippen MR) is 69.4 cm³/mol. The second-order valence-electron chi connectivity index (χ2n) is 5.04. The van der Waals surface area contributed by atoms with Crippen LogP contribution in [0.15, 0.2) is 0 Å². The van der Waals surface area contributed by atoms with E-state index in [1.54, 1.807) is 0 Å². The summed E-state index contributed by atoms with van der Waals surface area (Å²) in [4.78, 5) is 24.5. The largest absolute Gasteiger partial charge is 0.480 e. The Labute approximate surface area is 109 Å². The van der Waals surface area contributed by atoms with Crippen molar-refractivity contribution in [1.82, 2.24) is 10.2 Å². The van der Waals surface area contributed by atoms with Crippen molar-refractivity contribution in [3.8, 4) is 0 Å². The summed E-state index contributed by atoms with van der Waals surface area (Å²) in [5.74, 6) is -1.02. The average Bonchev–Trinajstić information content (AvgIpc) is 2.85. The Bertz CT molecular complexity index is 288. The summed E-state index contributed by atoms with van der Waals surface area (Å²) < 4.78 is 0. The lowest BCUT2D eigenvalue weighted by Gasteiger charge is -2.28. The van der Waals surface area contributed by atoms with Crippen molar-refractivity contribution in [2.75, 3.05) is 13.1 Å². The number of hydrogen-bond acceptors (Lipinski definition) is 3. The van der Waals surface area contributed by atoms with E-state index in [1.165, 1.54) is 4.90 Å². The topological polar surface area (TPSA) is 69.6 Å². The summed E-state index contributed by atoms with van der Waals surface area (Å²) in [5.41, 5.74) is 0. The number of nitrogens with zero attached hydrogens (tertiary/aromatic N) is 1. The Morgan fingerprint density at radius 3 is 2.50 bits per heavy atom. The van der Waals surface area contributed by atoms with Gasteiger partial charge in [-0.25, -0.2) is 0 Å². The lowest BCUT2D eigenvalue weighted by Crippen LogP contribution is -2.47. The zero-order valence-electron chi connectivity index (χ0n) is 11.3. The highest BCUT2D eigenvalue weighted by molar-refractivity contribution is 5.83. The number of amides is 1. The SMILES string of the molecule is CCC(C)NCC(=O)N(CC(=O)O)C1CCCC1. The number of carbonyl (C=O) groups excluding carboxylic acids is 1. The van der Waals surface area contributed by atoms with Crippen LogP contribution in [0.4, 0.5) is 0 Å². The highest BCUT2D eigenvalue weighted by Gasteiger charge is 2.28. The molecule has 0 radical (unpaired) electrons. The van der Waals surface area contributed by atoms with Gasteiger partial charge in [-0.1, -0.05) is 19.8 Å². The number of carboxylic acids is 1. The molecule has 0 heterocycles. The van der Waals surface area contributed by atoms with Crippen LogP contribution in [0, 0.1) is 0 Å². The van der Waals surface area contributed by atoms with Crippen LogP contribution in [0.25, 0.3) is 0 Å². The third kappa shape index (κ3) is 4.64. The molecule has 1 unspecified atom stereocenters. The first-order valence-electron chi connectivity index (χ1n) is 6.79. The molecule has 0 aliphatic heterocycles. The molecule has 0 aromatic carbocycles. The molecule has 0 bridgehead atoms. The Morgan fingerprint density at radius 1 is 1.39 bits per heavy atom. The van der Waals surface area contributed by atoms with Crippen LogP contribution in [0.2, 0.25) is 0 Å². The van der Waals surface area contributed by atoms with E-state index in [-0.39, 0.29) is 31.1 Å². The van der Waals surface area contributed by atoms with E-state index in [0.29, 0.717) is 0 Å². The van der Waals surface area contributed by atoms with Crippen molar-refractivity contribution in [2.45, 2.75) is 58.0 Å². The van der Waals surface area contributed by atoms with Crippen molar-refractivity contribution >= 4 is 11.9 Å². The van der Waals surface area contributed by atoms with Crippen molar-refractivity contribution in [1.29, 1.82) is 0 Å². The third-order valence-corrected chi connectivity index (χ3v) is 3.61. The number of hydrogen-bond donors (Lipinski definition) is 2. The number of rotatable bonds is 7. The van der Waals surface area contributed by atoms with Gasteiger partial charge in [0.1, 0.15) is 6.54 Å². The van der Waals surface area contributed by atoms with Gasteiger partial charge in [0.2, 0.25) is 5.91 Å². The Morgan fingerprint density at radius 2 is 2.00 bits per heavy atom. The number of carbonyl (C=O) groups is 2. The van der Waals surface area contributed by atoms with Gasteiger partial charge in [-0.2, -0.15) is 0 Å². The van der Waals surface area contributed by atoms with Gasteiger partial charge in [0.15, 0.2) is 0 Å². The maximum atomic E-state index is 12.1. The molecule has 0 saturated heterocycles. The first-order valence-corrected chi connectivity index (χ1v) is 6.79. The summed E-state index contributed by atoms with van der Waals surface area (Å²) >= 11 is 0. The maximum absolute atomic E-state index is 12.1. The molecule has 5 heteroatoms. The molecule has 104 valence electrons. The van der Waals surface area contributed by atoms with Crippen LogP contribution in [0.5, 0.6) is 0 Å². The average molecular weight is 256 g/mol. The van der Waals surface area contributed by atoms with Gasteiger partial charge in [0.25, 0.3) is 0 Å². The fourth-order valence-corrected chi connectivity index (χ4v) is 2.29. The quantitative estimate of drug-likeness (QED) is 0.719. The second-order valence-corrected chi connectivity index (χ2v) is 5.04. The van der Waals surface area contributed by atoms with Crippen molar-refractivity contribution in [3.63, 3.8) is 0 Å². The lowest BCUT2D eigenvalue weighted by atomic mass is 10.2. The minimum Gasteiger partial charge on any atom is -0.480 e. The Hall–Kier alpha value is -1.10. The first-order chi connectivity index (χ1) is 8.54. The highest BCUT2D eigenvalue weighted by atomic mass is 16.4. The monoisotopic (exact) mass is 256 g/mol. The van der Waals surface area contributed by atoms with Crippen LogP contribution in [0.1, 0.15) is 46.0 Å². The molecule has 18 heavy (non-hydrogen) atoms. The molecule has 5 nitrogen and oxygen atoms in total. The normalized spacial score (nSPS) is 17.7. The molecule has 0 aromatic heterocycles. The van der Waals surface area contributed by atoms with Gasteiger partial charge in [0.05, 0.1) is 6.54 Å². The zero-order valence-corrected chi connectivity index (χ0v) is 11.3. The van der Waals surface area contributed by atoms with Gasteiger partial charge in [-0.15, -0.1) is 0 Å². The molecule has 1 aliphatic rings. The molecule has 1 fully saturated rings. The van der Waals surface area contributed by atoms with Crippen molar-refractivity contribution in [3.05, 3.63) is 0 Å². The van der Waals surface area contributed by atoms with E-state index in [1.807, 2.05) is 13.8 Å². The fraction of sp³-hybridized carbons (Fsp3) is 0.846. The van der Waals surface area contributed by atoms with E-state index in [9.17, 15) is 9.59 Å². The minimum atomic E-state index is -0.932. The van der Waals surface area contributed by atoms with E-state index in [0.717, 1.165) is 32.1 Å². The van der Waals surface area contributed by atoms with Gasteiger partial charge in [-0.3, -0.25) is 9.59 Å². The molecule has 1 saturated carbocycles. The number of aliphatic carboxylic acids is 1. The van der Waals surface area contributed by atoms with Crippen molar-refractivity contribution in [2.24, 2.45) is 0 Å². The van der Waals surface area contributed by atoms with E-state index >= 15 is 0 Å². The van der Waals surface area contributed by atoms with Gasteiger partial charge in [-0.05, 0) is 26.2 Å². The standard InChI is InChI=1S/C13H24N2O3/c1-3-10(2)14-8-12(16)15(9-13(17)18)11-6-4-5-7-11/h10-11,14H,3-9H2,1-2H3,(H,17,18). The molecule has 1 amide bonds. The van der Waals surface area contributed by atoms with Crippen LogP contribution >= 0.6 is 0 Å². The summed E-state index contributed by atoms with van der Waals surface area (Å²) in [6, 6.07) is 0.400. The predicted octanol–water partition coefficient (Wildman–Crippen LogP) is 1.23. The molecule has 2 N–H and O–H groups in total. The van der Waals surface area contributed by atoms with Crippen LogP contribution in [0.3, 0.4) is 0 Å². The third-order valence-electron chi connectivity index (χ3n) is 3.61. The number of carboxylic acid groups (broad SMARTS) is 1. The Kier molecular flexibility index (Phi) is 6.12. The second kappa shape index (κ2) is 7.36. The van der Waals surface area contributed by atoms with E-state index < -0.39 is 5.97 Å². The lowest BCUT2D eigenvalue weighted by molar-refractivity contribution is -0.145. The summed E-state index contributed by atoms with van der Waals surface area (Å²) in [6.07, 6.45) is 5.00. The van der Waals surface area contributed by atoms with Gasteiger partial charge in [0, 0.05) is 12.1 Å². The van der Waals surface area contributed by atoms with Crippen molar-refractivity contribution < 1.29 is 14.7 Å². The maximum Gasteiger partial charge on any atom is 0.323 e. The molecular weight excluding hydrogens is 232 g/mol. The van der Waals surface area contributed by atoms with Crippen LogP contribution < -0.4 is 5.32 Å². The van der Waals surface area contributed by atoms with Crippen LogP contribution in [-0.2, 0) is 9.59 Å². The Balaban J connectivity index is 2.52. The minimum absolute atomic E-state index is 0.0930. The van der Waals surface area contributed by atoms with Gasteiger partial charge >= 0.3 is 5.97 Å². The fourth-order valence-electron chi connectivity index (χ4n) is 2.29. The number of nitrogens with one attached hydrogen (secondary N) is 1. The molecule has 1 atom stereocenters. The van der Waals surface area contributed by atoms with Gasteiger partial charge < -0.3 is 15.3 Å². The molecular formula is C13H24N2O3. The first kappa shape index (κ1) is 15.0. The van der Waals surface area contributed by atoms with E-state index in [4.69, 9.17) is 5.11 Å². The molecule has 0 spiro atoms. The highest BCUT2D eigenvalue weighted by Crippen LogP contribution is 2.23. The smallest absolute Gasteiger partial charge is 0.323 e. The summed E-state index contributed by atoms with van der Waals surface area (Å²) in [7, 11) is 0.